The number of hydrogen-bond donors (Lipinski definition) is 2. The van der Waals surface area contributed by atoms with E-state index in [2.05, 4.69) is 23.9 Å². The van der Waals surface area contributed by atoms with Gasteiger partial charge in [0.15, 0.2) is 5.84 Å². The number of hydrogen-bond acceptors (Lipinski definition) is 5. The predicted octanol–water partition coefficient (Wildman–Crippen LogP) is 1.78. The van der Waals surface area contributed by atoms with Gasteiger partial charge >= 0.3 is 0 Å². The van der Waals surface area contributed by atoms with Crippen LogP contribution in [0.3, 0.4) is 0 Å². The second-order valence-electron chi connectivity index (χ2n) is 5.30. The van der Waals surface area contributed by atoms with Crippen molar-refractivity contribution in [3.05, 3.63) is 33.9 Å². The minimum Gasteiger partial charge on any atom is -0.409 e. The van der Waals surface area contributed by atoms with Gasteiger partial charge in [-0.05, 0) is 17.9 Å². The maximum absolute atomic E-state index is 10.8. The third-order valence-electron chi connectivity index (χ3n) is 3.90. The van der Waals surface area contributed by atoms with Gasteiger partial charge in [0.25, 0.3) is 5.69 Å². The zero-order chi connectivity index (χ0) is 14.9. The third kappa shape index (κ3) is 2.52. The van der Waals surface area contributed by atoms with Gasteiger partial charge in [-0.15, -0.1) is 0 Å². The molecule has 3 N–H and O–H groups in total. The van der Waals surface area contributed by atoms with Crippen LogP contribution >= 0.6 is 0 Å². The van der Waals surface area contributed by atoms with Crippen molar-refractivity contribution in [3.63, 3.8) is 0 Å². The van der Waals surface area contributed by atoms with Crippen LogP contribution in [-0.2, 0) is 0 Å². The summed E-state index contributed by atoms with van der Waals surface area (Å²) in [5.74, 6) is 0.951. The van der Waals surface area contributed by atoms with E-state index in [-0.39, 0.29) is 11.5 Å². The highest BCUT2D eigenvalue weighted by Gasteiger charge is 2.28. The van der Waals surface area contributed by atoms with Crippen molar-refractivity contribution in [1.29, 1.82) is 0 Å². The molecule has 0 bridgehead atoms. The van der Waals surface area contributed by atoms with Crippen molar-refractivity contribution in [2.24, 2.45) is 22.7 Å². The molecule has 108 valence electrons. The van der Waals surface area contributed by atoms with Gasteiger partial charge in [0.2, 0.25) is 0 Å². The monoisotopic (exact) mass is 278 g/mol. The molecule has 0 aliphatic carbocycles. The number of amidine groups is 1. The zero-order valence-corrected chi connectivity index (χ0v) is 11.5. The van der Waals surface area contributed by atoms with Gasteiger partial charge in [-0.1, -0.05) is 19.0 Å². The molecule has 1 aromatic carbocycles. The van der Waals surface area contributed by atoms with E-state index in [9.17, 15) is 10.1 Å². The fourth-order valence-corrected chi connectivity index (χ4v) is 2.50. The number of benzene rings is 1. The van der Waals surface area contributed by atoms with Crippen molar-refractivity contribution in [2.45, 2.75) is 13.8 Å². The number of nitrogens with zero attached hydrogens (tertiary/aromatic N) is 3. The molecule has 1 aromatic rings. The highest BCUT2D eigenvalue weighted by atomic mass is 16.6. The van der Waals surface area contributed by atoms with Gasteiger partial charge in [-0.25, -0.2) is 0 Å². The first kappa shape index (κ1) is 14.1. The average Bonchev–Trinajstić information content (AvgIpc) is 2.77. The van der Waals surface area contributed by atoms with Crippen molar-refractivity contribution in [2.75, 3.05) is 18.0 Å². The minimum atomic E-state index is -0.493. The summed E-state index contributed by atoms with van der Waals surface area (Å²) in [5, 5.41) is 22.7. The summed E-state index contributed by atoms with van der Waals surface area (Å²) in [6.45, 7) is 6.04. The van der Waals surface area contributed by atoms with Crippen LogP contribution in [0.4, 0.5) is 11.4 Å². The normalized spacial score (nSPS) is 23.1. The van der Waals surface area contributed by atoms with Crippen LogP contribution in [0.15, 0.2) is 23.4 Å². The molecule has 0 aromatic heterocycles. The standard InChI is InChI=1S/C13H18N4O3/c1-8-6-16(7-9(8)2)12-4-3-10(17(19)20)5-11(12)13(14)15-18/h3-5,8-9,18H,6-7H2,1-2H3,(H2,14,15). The van der Waals surface area contributed by atoms with Gasteiger partial charge in [-0.2, -0.15) is 0 Å². The molecule has 2 rings (SSSR count). The second kappa shape index (κ2) is 5.36. The molecule has 0 spiro atoms. The Bertz CT molecular complexity index is 549. The second-order valence-corrected chi connectivity index (χ2v) is 5.30. The number of rotatable bonds is 3. The van der Waals surface area contributed by atoms with Gasteiger partial charge in [0.1, 0.15) is 0 Å². The van der Waals surface area contributed by atoms with E-state index in [0.717, 1.165) is 18.8 Å². The molecular weight excluding hydrogens is 260 g/mol. The van der Waals surface area contributed by atoms with Crippen LogP contribution in [-0.4, -0.2) is 29.1 Å². The van der Waals surface area contributed by atoms with E-state index in [1.807, 2.05) is 0 Å². The Balaban J connectivity index is 2.45. The molecule has 1 saturated heterocycles. The van der Waals surface area contributed by atoms with E-state index >= 15 is 0 Å². The highest BCUT2D eigenvalue weighted by molar-refractivity contribution is 6.02. The first-order valence-electron chi connectivity index (χ1n) is 6.45. The molecule has 0 radical (unpaired) electrons. The van der Waals surface area contributed by atoms with Crippen LogP contribution in [0.1, 0.15) is 19.4 Å². The van der Waals surface area contributed by atoms with E-state index in [1.165, 1.54) is 12.1 Å². The van der Waals surface area contributed by atoms with E-state index in [1.54, 1.807) is 6.07 Å². The summed E-state index contributed by atoms with van der Waals surface area (Å²) in [6, 6.07) is 4.45. The molecule has 1 heterocycles. The van der Waals surface area contributed by atoms with Gasteiger partial charge < -0.3 is 15.8 Å². The first-order chi connectivity index (χ1) is 9.43. The molecule has 1 aliphatic heterocycles. The molecule has 1 aliphatic rings. The summed E-state index contributed by atoms with van der Waals surface area (Å²) in [5.41, 5.74) is 6.74. The van der Waals surface area contributed by atoms with Crippen LogP contribution in [0, 0.1) is 22.0 Å². The fourth-order valence-electron chi connectivity index (χ4n) is 2.50. The highest BCUT2D eigenvalue weighted by Crippen LogP contribution is 2.32. The third-order valence-corrected chi connectivity index (χ3v) is 3.90. The molecule has 7 heteroatoms. The average molecular weight is 278 g/mol. The van der Waals surface area contributed by atoms with Gasteiger partial charge in [-0.3, -0.25) is 10.1 Å². The Kier molecular flexibility index (Phi) is 3.78. The van der Waals surface area contributed by atoms with Crippen molar-refractivity contribution in [1.82, 2.24) is 0 Å². The summed E-state index contributed by atoms with van der Waals surface area (Å²) in [6.07, 6.45) is 0. The van der Waals surface area contributed by atoms with Crippen molar-refractivity contribution < 1.29 is 10.1 Å². The van der Waals surface area contributed by atoms with Gasteiger partial charge in [0, 0.05) is 30.9 Å². The lowest BCUT2D eigenvalue weighted by molar-refractivity contribution is -0.384. The van der Waals surface area contributed by atoms with Crippen LogP contribution in [0.25, 0.3) is 0 Å². The van der Waals surface area contributed by atoms with Gasteiger partial charge in [0.05, 0.1) is 10.5 Å². The van der Waals surface area contributed by atoms with E-state index in [0.29, 0.717) is 17.4 Å². The van der Waals surface area contributed by atoms with Crippen LogP contribution in [0.5, 0.6) is 0 Å². The number of anilines is 1. The lowest BCUT2D eigenvalue weighted by atomic mass is 10.0. The Morgan fingerprint density at radius 2 is 2.05 bits per heavy atom. The maximum atomic E-state index is 10.8. The Morgan fingerprint density at radius 1 is 1.45 bits per heavy atom. The molecule has 0 saturated carbocycles. The number of nitrogens with two attached hydrogens (primary N) is 1. The summed E-state index contributed by atoms with van der Waals surface area (Å²) < 4.78 is 0. The SMILES string of the molecule is CC1CN(c2ccc([N+](=O)[O-])cc2C(N)=NO)CC1C. The van der Waals surface area contributed by atoms with Crippen LogP contribution < -0.4 is 10.6 Å². The van der Waals surface area contributed by atoms with Crippen molar-refractivity contribution in [3.8, 4) is 0 Å². The minimum absolute atomic E-state index is 0.0735. The van der Waals surface area contributed by atoms with Crippen LogP contribution in [0.2, 0.25) is 0 Å². The summed E-state index contributed by atoms with van der Waals surface area (Å²) in [4.78, 5) is 12.5. The Labute approximate surface area is 116 Å². The summed E-state index contributed by atoms with van der Waals surface area (Å²) >= 11 is 0. The Hall–Kier alpha value is -2.31. The molecular formula is C13H18N4O3. The summed E-state index contributed by atoms with van der Waals surface area (Å²) in [7, 11) is 0. The molecule has 2 atom stereocenters. The van der Waals surface area contributed by atoms with Crippen molar-refractivity contribution >= 4 is 17.2 Å². The largest absolute Gasteiger partial charge is 0.409 e. The lowest BCUT2D eigenvalue weighted by Crippen LogP contribution is -2.24. The number of nitro groups is 1. The lowest BCUT2D eigenvalue weighted by Gasteiger charge is -2.21. The molecule has 1 fully saturated rings. The molecule has 7 nitrogen and oxygen atoms in total. The topological polar surface area (TPSA) is 105 Å². The zero-order valence-electron chi connectivity index (χ0n) is 11.5. The quantitative estimate of drug-likeness (QED) is 0.288. The molecule has 0 amide bonds. The van der Waals surface area contributed by atoms with E-state index in [4.69, 9.17) is 10.9 Å². The number of non-ortho nitro benzene ring substituents is 1. The fraction of sp³-hybridized carbons (Fsp3) is 0.462. The molecule has 20 heavy (non-hydrogen) atoms. The maximum Gasteiger partial charge on any atom is 0.270 e. The molecule has 2 unspecified atom stereocenters. The number of nitro benzene ring substituents is 1. The smallest absolute Gasteiger partial charge is 0.270 e. The predicted molar refractivity (Wildman–Crippen MR) is 76.1 cm³/mol. The first-order valence-corrected chi connectivity index (χ1v) is 6.45. The Morgan fingerprint density at radius 3 is 2.55 bits per heavy atom. The number of oxime groups is 1. The van der Waals surface area contributed by atoms with E-state index < -0.39 is 4.92 Å².